The second-order valence-electron chi connectivity index (χ2n) is 7.37. The van der Waals surface area contributed by atoms with Gasteiger partial charge in [-0.15, -0.1) is 0 Å². The number of allylic oxidation sites excluding steroid dienone is 1. The lowest BCUT2D eigenvalue weighted by Gasteiger charge is -2.34. The van der Waals surface area contributed by atoms with Crippen LogP contribution in [0.4, 0.5) is 0 Å². The topological polar surface area (TPSA) is 68.2 Å². The maximum atomic E-state index is 13.6. The second-order valence-corrected chi connectivity index (χ2v) is 7.81. The van der Waals surface area contributed by atoms with Crippen molar-refractivity contribution in [3.8, 4) is 6.07 Å². The van der Waals surface area contributed by atoms with Gasteiger partial charge < -0.3 is 5.11 Å². The third-order valence-corrected chi connectivity index (χ3v) is 5.77. The minimum atomic E-state index is -0.705. The number of carbonyl (C=O) groups excluding carboxylic acids is 1. The molecule has 2 aromatic carbocycles. The molecule has 0 saturated carbocycles. The minimum Gasteiger partial charge on any atom is -0.494 e. The number of pyridine rings is 1. The van der Waals surface area contributed by atoms with E-state index in [4.69, 9.17) is 11.6 Å². The van der Waals surface area contributed by atoms with Crippen LogP contribution in [0.5, 0.6) is 0 Å². The van der Waals surface area contributed by atoms with E-state index < -0.39 is 12.0 Å². The Morgan fingerprint density at radius 2 is 1.65 bits per heavy atom. The van der Waals surface area contributed by atoms with Gasteiger partial charge >= 0.3 is 0 Å². The molecule has 2 atom stereocenters. The molecule has 1 aliphatic rings. The third-order valence-electron chi connectivity index (χ3n) is 5.52. The number of aliphatic hydroxyl groups is 1. The van der Waals surface area contributed by atoms with Crippen LogP contribution < -0.4 is 4.57 Å². The van der Waals surface area contributed by atoms with E-state index in [0.717, 1.165) is 11.1 Å². The molecule has 4 rings (SSSR count). The highest BCUT2D eigenvalue weighted by Gasteiger charge is 2.49. The first-order valence-electron chi connectivity index (χ1n) is 10.00. The molecule has 1 N–H and O–H groups in total. The van der Waals surface area contributed by atoms with Crippen molar-refractivity contribution in [1.82, 2.24) is 4.90 Å². The Morgan fingerprint density at radius 1 is 1.00 bits per heavy atom. The number of nitrogens with zero attached hydrogens (tertiary/aromatic N) is 3. The smallest absolute Gasteiger partial charge is 0.299 e. The number of halogens is 1. The second kappa shape index (κ2) is 9.03. The van der Waals surface area contributed by atoms with Crippen LogP contribution in [-0.4, -0.2) is 22.5 Å². The Kier molecular flexibility index (Phi) is 6.01. The van der Waals surface area contributed by atoms with Crippen LogP contribution in [0.15, 0.2) is 96.6 Å². The molecule has 0 unspecified atom stereocenters. The van der Waals surface area contributed by atoms with Crippen LogP contribution >= 0.6 is 11.6 Å². The van der Waals surface area contributed by atoms with Gasteiger partial charge in [-0.25, -0.2) is 0 Å². The largest absolute Gasteiger partial charge is 0.494 e. The number of amides is 1. The van der Waals surface area contributed by atoms with E-state index in [1.165, 1.54) is 4.90 Å². The Hall–Kier alpha value is -3.62. The number of hydrogen-bond acceptors (Lipinski definition) is 3. The summed E-state index contributed by atoms with van der Waals surface area (Å²) >= 11 is 6.05. The van der Waals surface area contributed by atoms with Gasteiger partial charge in [-0.3, -0.25) is 9.69 Å². The molecule has 0 bridgehead atoms. The van der Waals surface area contributed by atoms with Gasteiger partial charge in [0, 0.05) is 23.7 Å². The number of rotatable bonds is 5. The first-order chi connectivity index (χ1) is 15.1. The molecular formula is C25H21ClN3O2+. The highest BCUT2D eigenvalue weighted by Crippen LogP contribution is 2.40. The molecule has 1 aliphatic heterocycles. The molecule has 0 spiro atoms. The zero-order valence-electron chi connectivity index (χ0n) is 16.7. The zero-order valence-corrected chi connectivity index (χ0v) is 17.5. The molecule has 0 saturated heterocycles. The van der Waals surface area contributed by atoms with Gasteiger partial charge in [0.1, 0.15) is 11.6 Å². The summed E-state index contributed by atoms with van der Waals surface area (Å²) < 4.78 is 1.79. The fourth-order valence-electron chi connectivity index (χ4n) is 3.99. The average molecular weight is 431 g/mol. The van der Waals surface area contributed by atoms with Crippen molar-refractivity contribution in [2.45, 2.75) is 18.4 Å². The van der Waals surface area contributed by atoms with E-state index in [0.29, 0.717) is 11.4 Å². The minimum absolute atomic E-state index is 0.163. The van der Waals surface area contributed by atoms with Crippen LogP contribution in [0.25, 0.3) is 0 Å². The monoisotopic (exact) mass is 430 g/mol. The number of aliphatic hydroxyl groups excluding tert-OH is 1. The highest BCUT2D eigenvalue weighted by atomic mass is 35.5. The number of hydrogen-bond donors (Lipinski definition) is 1. The van der Waals surface area contributed by atoms with Crippen molar-refractivity contribution in [2.75, 3.05) is 6.54 Å². The molecule has 3 aromatic rings. The highest BCUT2D eigenvalue weighted by molar-refractivity contribution is 6.30. The lowest BCUT2D eigenvalue weighted by Crippen LogP contribution is -2.55. The van der Waals surface area contributed by atoms with Gasteiger partial charge in [0.15, 0.2) is 12.4 Å². The fourth-order valence-corrected chi connectivity index (χ4v) is 4.11. The Balaban J connectivity index is 1.79. The van der Waals surface area contributed by atoms with Crippen LogP contribution in [0.1, 0.15) is 23.1 Å². The van der Waals surface area contributed by atoms with Gasteiger partial charge in [-0.1, -0.05) is 60.1 Å². The van der Waals surface area contributed by atoms with Gasteiger partial charge in [0.25, 0.3) is 5.91 Å². The molecule has 0 fully saturated rings. The van der Waals surface area contributed by atoms with Gasteiger partial charge in [0.2, 0.25) is 11.9 Å². The summed E-state index contributed by atoms with van der Waals surface area (Å²) in [4.78, 5) is 15.0. The van der Waals surface area contributed by atoms with E-state index in [-0.39, 0.29) is 23.9 Å². The summed E-state index contributed by atoms with van der Waals surface area (Å²) in [5.74, 6) is -1.17. The summed E-state index contributed by atoms with van der Waals surface area (Å²) in [7, 11) is 0. The molecule has 154 valence electrons. The fraction of sp³-hybridized carbons (Fsp3) is 0.160. The normalized spacial score (nSPS) is 18.7. The van der Waals surface area contributed by atoms with Gasteiger partial charge in [-0.2, -0.15) is 9.83 Å². The molecular weight excluding hydrogens is 410 g/mol. The average Bonchev–Trinajstić information content (AvgIpc) is 2.80. The van der Waals surface area contributed by atoms with Crippen molar-refractivity contribution in [1.29, 1.82) is 5.26 Å². The Labute approximate surface area is 186 Å². The molecule has 2 heterocycles. The predicted octanol–water partition coefficient (Wildman–Crippen LogP) is 4.33. The summed E-state index contributed by atoms with van der Waals surface area (Å²) in [5.41, 5.74) is 1.95. The Morgan fingerprint density at radius 3 is 2.29 bits per heavy atom. The van der Waals surface area contributed by atoms with Crippen LogP contribution in [0.2, 0.25) is 5.02 Å². The molecule has 6 heteroatoms. The van der Waals surface area contributed by atoms with E-state index in [2.05, 4.69) is 6.07 Å². The predicted molar refractivity (Wildman–Crippen MR) is 117 cm³/mol. The first kappa shape index (κ1) is 20.6. The first-order valence-corrected chi connectivity index (χ1v) is 10.4. The van der Waals surface area contributed by atoms with E-state index in [1.54, 1.807) is 41.2 Å². The van der Waals surface area contributed by atoms with E-state index in [9.17, 15) is 15.2 Å². The summed E-state index contributed by atoms with van der Waals surface area (Å²) in [6, 6.07) is 23.8. The SMILES string of the molecule is N#CC1=C(O)N(CCc2ccccc2)C(=O)[C@H]([n+]2ccccc2)[C@H]1c1ccc(Cl)cc1. The number of nitriles is 1. The molecule has 1 aromatic heterocycles. The Bertz CT molecular complexity index is 1140. The van der Waals surface area contributed by atoms with Crippen molar-refractivity contribution in [3.63, 3.8) is 0 Å². The number of benzene rings is 2. The molecule has 1 amide bonds. The van der Waals surface area contributed by atoms with Crippen molar-refractivity contribution < 1.29 is 14.5 Å². The quantitative estimate of drug-likeness (QED) is 0.612. The molecule has 31 heavy (non-hydrogen) atoms. The lowest BCUT2D eigenvalue weighted by atomic mass is 9.81. The van der Waals surface area contributed by atoms with Crippen molar-refractivity contribution in [2.24, 2.45) is 0 Å². The summed E-state index contributed by atoms with van der Waals surface area (Å²) in [6.07, 6.45) is 4.17. The van der Waals surface area contributed by atoms with E-state index in [1.807, 2.05) is 48.5 Å². The van der Waals surface area contributed by atoms with Crippen LogP contribution in [0, 0.1) is 11.3 Å². The molecule has 0 aliphatic carbocycles. The number of aromatic nitrogens is 1. The maximum absolute atomic E-state index is 13.6. The standard InChI is InChI=1S/C25H20ClN3O2/c26-20-11-9-19(10-12-20)22-21(17-27)24(30)29(16-13-18-7-3-1-4-8-18)25(31)23(22)28-14-5-2-6-15-28/h1-12,14-15,22-23H,13,16H2/p+1/t22-,23+/m0/s1. The molecule has 5 nitrogen and oxygen atoms in total. The van der Waals surface area contributed by atoms with E-state index >= 15 is 0 Å². The zero-order chi connectivity index (χ0) is 21.8. The van der Waals surface area contributed by atoms with Crippen LogP contribution in [-0.2, 0) is 11.2 Å². The van der Waals surface area contributed by atoms with Crippen LogP contribution in [0.3, 0.4) is 0 Å². The van der Waals surface area contributed by atoms with Gasteiger partial charge in [-0.05, 0) is 29.7 Å². The third kappa shape index (κ3) is 4.16. The molecule has 0 radical (unpaired) electrons. The maximum Gasteiger partial charge on any atom is 0.299 e. The summed E-state index contributed by atoms with van der Waals surface area (Å²) in [6.45, 7) is 0.275. The van der Waals surface area contributed by atoms with Gasteiger partial charge in [0.05, 0.1) is 5.92 Å². The summed E-state index contributed by atoms with van der Waals surface area (Å²) in [5, 5.41) is 21.5. The van der Waals surface area contributed by atoms with Crippen molar-refractivity contribution in [3.05, 3.63) is 113 Å². The lowest BCUT2D eigenvalue weighted by molar-refractivity contribution is -0.712. The van der Waals surface area contributed by atoms with Crippen molar-refractivity contribution >= 4 is 17.5 Å². The number of carbonyl (C=O) groups is 1.